The van der Waals surface area contributed by atoms with Gasteiger partial charge in [0.25, 0.3) is 0 Å². The summed E-state index contributed by atoms with van der Waals surface area (Å²) in [6, 6.07) is 13.0. The van der Waals surface area contributed by atoms with E-state index >= 15 is 0 Å². The molecule has 2 aliphatic heterocycles. The van der Waals surface area contributed by atoms with Crippen LogP contribution in [-0.4, -0.2) is 40.5 Å². The number of halogens is 1. The average molecular weight is 447 g/mol. The maximum Gasteiger partial charge on any atom is 0.171 e. The maximum absolute atomic E-state index is 13.9. The van der Waals surface area contributed by atoms with Crippen molar-refractivity contribution in [3.05, 3.63) is 83.2 Å². The molecule has 3 heterocycles. The molecule has 1 saturated heterocycles. The number of fused-ring (bicyclic) bond motifs is 1. The van der Waals surface area contributed by atoms with E-state index in [1.165, 1.54) is 6.07 Å². The summed E-state index contributed by atoms with van der Waals surface area (Å²) in [6.07, 6.45) is 8.57. The first kappa shape index (κ1) is 21.2. The van der Waals surface area contributed by atoms with E-state index in [2.05, 4.69) is 27.2 Å². The second-order valence-corrected chi connectivity index (χ2v) is 8.43. The molecule has 0 aliphatic carbocycles. The first-order chi connectivity index (χ1) is 16.1. The number of benzene rings is 2. The lowest BCUT2D eigenvalue weighted by Crippen LogP contribution is -2.39. The van der Waals surface area contributed by atoms with E-state index in [9.17, 15) is 4.39 Å². The standard InChI is InChI=1S/C26H27FN4O2/c1-18-16-30(17-28-18)24-9-8-19(14-25(24)32-2)13-21-6-4-11-31-23(10-12-33-29-26(21)31)20-5-3-7-22(27)15-20/h3,5,7-9,13-17,23H,4,6,10-12H2,1-2H3/t23-/m0/s1. The number of hydrogen-bond acceptors (Lipinski definition) is 5. The van der Waals surface area contributed by atoms with Crippen molar-refractivity contribution in [2.45, 2.75) is 32.2 Å². The van der Waals surface area contributed by atoms with Gasteiger partial charge in [-0.1, -0.05) is 23.4 Å². The van der Waals surface area contributed by atoms with Crippen molar-refractivity contribution in [1.29, 1.82) is 0 Å². The van der Waals surface area contributed by atoms with Gasteiger partial charge in [0, 0.05) is 19.2 Å². The molecule has 0 unspecified atom stereocenters. The van der Waals surface area contributed by atoms with Gasteiger partial charge in [-0.25, -0.2) is 9.37 Å². The van der Waals surface area contributed by atoms with Crippen LogP contribution in [0, 0.1) is 12.7 Å². The molecule has 1 aromatic heterocycles. The summed E-state index contributed by atoms with van der Waals surface area (Å²) in [6.45, 7) is 3.33. The number of imidazole rings is 1. The van der Waals surface area contributed by atoms with E-state index in [0.717, 1.165) is 65.5 Å². The van der Waals surface area contributed by atoms with E-state index in [-0.39, 0.29) is 11.9 Å². The molecule has 7 heteroatoms. The highest BCUT2D eigenvalue weighted by Gasteiger charge is 2.31. The number of nitrogens with zero attached hydrogens (tertiary/aromatic N) is 4. The van der Waals surface area contributed by atoms with Gasteiger partial charge in [0.2, 0.25) is 0 Å². The highest BCUT2D eigenvalue weighted by molar-refractivity contribution is 6.02. The predicted octanol–water partition coefficient (Wildman–Crippen LogP) is 5.28. The molecule has 0 spiro atoms. The summed E-state index contributed by atoms with van der Waals surface area (Å²) in [5.74, 6) is 1.39. The van der Waals surface area contributed by atoms with Crippen LogP contribution >= 0.6 is 0 Å². The molecule has 2 aromatic carbocycles. The molecule has 33 heavy (non-hydrogen) atoms. The Morgan fingerprint density at radius 1 is 1.21 bits per heavy atom. The molecule has 0 radical (unpaired) electrons. The molecule has 0 saturated carbocycles. The van der Waals surface area contributed by atoms with E-state index < -0.39 is 0 Å². The number of oxime groups is 1. The lowest BCUT2D eigenvalue weighted by atomic mass is 9.95. The minimum Gasteiger partial charge on any atom is -0.495 e. The van der Waals surface area contributed by atoms with Gasteiger partial charge < -0.3 is 19.0 Å². The van der Waals surface area contributed by atoms with E-state index in [0.29, 0.717) is 6.61 Å². The second kappa shape index (κ2) is 9.10. The Morgan fingerprint density at radius 3 is 2.91 bits per heavy atom. The van der Waals surface area contributed by atoms with Crippen molar-refractivity contribution in [3.8, 4) is 11.4 Å². The van der Waals surface area contributed by atoms with Crippen LogP contribution in [0.15, 0.2) is 65.7 Å². The number of ether oxygens (including phenoxy) is 1. The molecule has 0 amide bonds. The van der Waals surface area contributed by atoms with Crippen LogP contribution in [0.3, 0.4) is 0 Å². The van der Waals surface area contributed by atoms with Crippen molar-refractivity contribution in [2.75, 3.05) is 20.3 Å². The van der Waals surface area contributed by atoms with Crippen LogP contribution in [0.25, 0.3) is 11.8 Å². The van der Waals surface area contributed by atoms with Gasteiger partial charge >= 0.3 is 0 Å². The first-order valence-corrected chi connectivity index (χ1v) is 11.2. The van der Waals surface area contributed by atoms with Gasteiger partial charge in [-0.2, -0.15) is 0 Å². The van der Waals surface area contributed by atoms with E-state index in [1.54, 1.807) is 25.6 Å². The summed E-state index contributed by atoms with van der Waals surface area (Å²) < 4.78 is 21.6. The molecule has 5 rings (SSSR count). The lowest BCUT2D eigenvalue weighted by Gasteiger charge is -2.36. The van der Waals surface area contributed by atoms with Gasteiger partial charge in [0.05, 0.1) is 30.9 Å². The van der Waals surface area contributed by atoms with Crippen LogP contribution in [0.2, 0.25) is 0 Å². The van der Waals surface area contributed by atoms with Crippen molar-refractivity contribution in [3.63, 3.8) is 0 Å². The third kappa shape index (κ3) is 4.35. The fraction of sp³-hybridized carbons (Fsp3) is 0.308. The SMILES string of the molecule is COc1cc(C=C2CCCN3C2=NOCC[C@H]3c2cccc(F)c2)ccc1-n1cnc(C)c1. The van der Waals surface area contributed by atoms with Crippen LogP contribution < -0.4 is 4.74 Å². The van der Waals surface area contributed by atoms with Crippen molar-refractivity contribution in [1.82, 2.24) is 14.5 Å². The second-order valence-electron chi connectivity index (χ2n) is 8.43. The topological polar surface area (TPSA) is 51.9 Å². The van der Waals surface area contributed by atoms with Crippen molar-refractivity contribution < 1.29 is 14.0 Å². The number of aryl methyl sites for hydroxylation is 1. The Morgan fingerprint density at radius 2 is 2.12 bits per heavy atom. The Bertz CT molecular complexity index is 1220. The molecule has 0 N–H and O–H groups in total. The average Bonchev–Trinajstić information content (AvgIpc) is 3.13. The number of hydrogen-bond donors (Lipinski definition) is 0. The molecule has 2 aliphatic rings. The van der Waals surface area contributed by atoms with Crippen LogP contribution in [-0.2, 0) is 4.84 Å². The van der Waals surface area contributed by atoms with Crippen LogP contribution in [0.1, 0.15) is 42.1 Å². The molecular weight excluding hydrogens is 419 g/mol. The maximum atomic E-state index is 13.9. The molecule has 1 atom stereocenters. The molecule has 6 nitrogen and oxygen atoms in total. The molecular formula is C26H27FN4O2. The molecule has 1 fully saturated rings. The number of rotatable bonds is 4. The fourth-order valence-corrected chi connectivity index (χ4v) is 4.63. The summed E-state index contributed by atoms with van der Waals surface area (Å²) >= 11 is 0. The van der Waals surface area contributed by atoms with Gasteiger partial charge in [-0.15, -0.1) is 0 Å². The van der Waals surface area contributed by atoms with E-state index in [1.807, 2.05) is 35.9 Å². The Balaban J connectivity index is 1.48. The first-order valence-electron chi connectivity index (χ1n) is 11.2. The normalized spacial score (nSPS) is 19.5. The predicted molar refractivity (Wildman–Crippen MR) is 126 cm³/mol. The summed E-state index contributed by atoms with van der Waals surface area (Å²) in [5, 5.41) is 4.47. The zero-order chi connectivity index (χ0) is 22.8. The van der Waals surface area contributed by atoms with Crippen molar-refractivity contribution >= 4 is 11.9 Å². The zero-order valence-corrected chi connectivity index (χ0v) is 18.9. The van der Waals surface area contributed by atoms with Gasteiger partial charge in [-0.3, -0.25) is 0 Å². The largest absolute Gasteiger partial charge is 0.495 e. The van der Waals surface area contributed by atoms with Crippen LogP contribution in [0.5, 0.6) is 5.75 Å². The van der Waals surface area contributed by atoms with E-state index in [4.69, 9.17) is 9.57 Å². The minimum atomic E-state index is -0.218. The van der Waals surface area contributed by atoms with Gasteiger partial charge in [0.15, 0.2) is 5.84 Å². The Labute approximate surface area is 192 Å². The highest BCUT2D eigenvalue weighted by Crippen LogP contribution is 2.34. The van der Waals surface area contributed by atoms with Crippen LogP contribution in [0.4, 0.5) is 4.39 Å². The monoisotopic (exact) mass is 446 g/mol. The number of methoxy groups -OCH3 is 1. The summed E-state index contributed by atoms with van der Waals surface area (Å²) in [4.78, 5) is 12.2. The Kier molecular flexibility index (Phi) is 5.86. The van der Waals surface area contributed by atoms with Crippen molar-refractivity contribution in [2.24, 2.45) is 5.16 Å². The summed E-state index contributed by atoms with van der Waals surface area (Å²) in [5.41, 5.74) is 4.98. The fourth-order valence-electron chi connectivity index (χ4n) is 4.63. The molecule has 0 bridgehead atoms. The minimum absolute atomic E-state index is 0.0343. The number of aromatic nitrogens is 2. The molecule has 170 valence electrons. The number of piperidine rings is 1. The lowest BCUT2D eigenvalue weighted by molar-refractivity contribution is 0.140. The highest BCUT2D eigenvalue weighted by atomic mass is 19.1. The summed E-state index contributed by atoms with van der Waals surface area (Å²) in [7, 11) is 1.68. The van der Waals surface area contributed by atoms with Gasteiger partial charge in [0.1, 0.15) is 18.2 Å². The third-order valence-electron chi connectivity index (χ3n) is 6.18. The van der Waals surface area contributed by atoms with Gasteiger partial charge in [-0.05, 0) is 66.8 Å². The zero-order valence-electron chi connectivity index (χ0n) is 18.9. The quantitative estimate of drug-likeness (QED) is 0.547. The third-order valence-corrected chi connectivity index (χ3v) is 6.18. The Hall–Kier alpha value is -3.61. The molecule has 3 aromatic rings. The number of amidine groups is 1. The smallest absolute Gasteiger partial charge is 0.171 e.